The van der Waals surface area contributed by atoms with E-state index < -0.39 is 5.92 Å². The van der Waals surface area contributed by atoms with Gasteiger partial charge >= 0.3 is 0 Å². The number of rotatable bonds is 0. The second-order valence-corrected chi connectivity index (χ2v) is 3.95. The molecule has 0 aromatic heterocycles. The Balaban J connectivity index is 0.000000251. The van der Waals surface area contributed by atoms with Crippen LogP contribution in [0.15, 0.2) is 0 Å². The van der Waals surface area contributed by atoms with Crippen molar-refractivity contribution in [1.82, 2.24) is 10.6 Å². The van der Waals surface area contributed by atoms with Gasteiger partial charge in [0.25, 0.3) is 5.92 Å². The standard InChI is InChI=1S/C5H9F2N.C5H11N.C2H6/c6-5(7)2-1-3-8-4-5;1-2-4-6-5-3-1;1-2/h8H,1-4H2;6H,1-5H2;1-2H3. The van der Waals surface area contributed by atoms with Crippen LogP contribution in [0.5, 0.6) is 0 Å². The third-order valence-electron chi connectivity index (χ3n) is 2.49. The zero-order chi connectivity index (χ0) is 12.3. The molecule has 0 aliphatic carbocycles. The molecule has 4 heteroatoms. The molecule has 0 spiro atoms. The molecule has 0 radical (unpaired) electrons. The molecule has 2 rings (SSSR count). The molecule has 0 unspecified atom stereocenters. The molecule has 0 bridgehead atoms. The average molecular weight is 236 g/mol. The summed E-state index contributed by atoms with van der Waals surface area (Å²) in [5, 5.41) is 5.91. The fraction of sp³-hybridized carbons (Fsp3) is 1.00. The number of piperidine rings is 2. The van der Waals surface area contributed by atoms with Crippen LogP contribution in [0, 0.1) is 0 Å². The van der Waals surface area contributed by atoms with Crippen molar-refractivity contribution in [2.75, 3.05) is 26.2 Å². The van der Waals surface area contributed by atoms with E-state index in [-0.39, 0.29) is 13.0 Å². The van der Waals surface area contributed by atoms with Crippen LogP contribution < -0.4 is 10.6 Å². The van der Waals surface area contributed by atoms with Crippen molar-refractivity contribution in [3.05, 3.63) is 0 Å². The lowest BCUT2D eigenvalue weighted by Crippen LogP contribution is -2.38. The van der Waals surface area contributed by atoms with Gasteiger partial charge in [-0.3, -0.25) is 0 Å². The van der Waals surface area contributed by atoms with Crippen LogP contribution in [-0.4, -0.2) is 32.1 Å². The SMILES string of the molecule is C1CCNCC1.CC.FC1(F)CCCNC1. The summed E-state index contributed by atoms with van der Waals surface area (Å²) in [6, 6.07) is 0. The van der Waals surface area contributed by atoms with Crippen LogP contribution in [0.25, 0.3) is 0 Å². The summed E-state index contributed by atoms with van der Waals surface area (Å²) in [5.74, 6) is -2.43. The zero-order valence-electron chi connectivity index (χ0n) is 10.6. The molecular weight excluding hydrogens is 210 g/mol. The van der Waals surface area contributed by atoms with Crippen molar-refractivity contribution < 1.29 is 8.78 Å². The monoisotopic (exact) mass is 236 g/mol. The summed E-state index contributed by atoms with van der Waals surface area (Å²) < 4.78 is 24.3. The quantitative estimate of drug-likeness (QED) is 0.676. The van der Waals surface area contributed by atoms with Crippen molar-refractivity contribution in [3.8, 4) is 0 Å². The molecule has 2 nitrogen and oxygen atoms in total. The van der Waals surface area contributed by atoms with Gasteiger partial charge < -0.3 is 10.6 Å². The predicted octanol–water partition coefficient (Wildman–Crippen LogP) is 2.79. The zero-order valence-corrected chi connectivity index (χ0v) is 10.6. The predicted molar refractivity (Wildman–Crippen MR) is 65.1 cm³/mol. The largest absolute Gasteiger partial charge is 0.317 e. The normalized spacial score (nSPS) is 23.2. The Labute approximate surface area is 98.2 Å². The van der Waals surface area contributed by atoms with Crippen LogP contribution in [0.4, 0.5) is 8.78 Å². The van der Waals surface area contributed by atoms with Crippen molar-refractivity contribution in [1.29, 1.82) is 0 Å². The highest BCUT2D eigenvalue weighted by atomic mass is 19.3. The van der Waals surface area contributed by atoms with Gasteiger partial charge in [-0.2, -0.15) is 0 Å². The minimum atomic E-state index is -2.43. The van der Waals surface area contributed by atoms with Crippen LogP contribution in [0.2, 0.25) is 0 Å². The third kappa shape index (κ3) is 9.04. The van der Waals surface area contributed by atoms with E-state index in [1.165, 1.54) is 32.4 Å². The van der Waals surface area contributed by atoms with Gasteiger partial charge in [-0.1, -0.05) is 20.3 Å². The summed E-state index contributed by atoms with van der Waals surface area (Å²) >= 11 is 0. The van der Waals surface area contributed by atoms with Gasteiger partial charge in [-0.25, -0.2) is 8.78 Å². The van der Waals surface area contributed by atoms with E-state index in [0.29, 0.717) is 6.42 Å². The molecule has 0 aromatic carbocycles. The van der Waals surface area contributed by atoms with E-state index in [2.05, 4.69) is 10.6 Å². The van der Waals surface area contributed by atoms with E-state index in [1.807, 2.05) is 13.8 Å². The lowest BCUT2D eigenvalue weighted by molar-refractivity contribution is -0.0208. The molecule has 2 saturated heterocycles. The lowest BCUT2D eigenvalue weighted by Gasteiger charge is -2.21. The number of halogens is 2. The van der Waals surface area contributed by atoms with Gasteiger partial charge in [0.15, 0.2) is 0 Å². The Bertz CT molecular complexity index is 128. The molecule has 0 saturated carbocycles. The van der Waals surface area contributed by atoms with E-state index in [9.17, 15) is 8.78 Å². The first-order valence-corrected chi connectivity index (χ1v) is 6.50. The maximum Gasteiger partial charge on any atom is 0.260 e. The maximum absolute atomic E-state index is 12.1. The molecule has 0 aromatic rings. The molecule has 2 aliphatic heterocycles. The Morgan fingerprint density at radius 1 is 0.812 bits per heavy atom. The van der Waals surface area contributed by atoms with Gasteiger partial charge in [-0.15, -0.1) is 0 Å². The molecule has 2 N–H and O–H groups in total. The minimum Gasteiger partial charge on any atom is -0.317 e. The Hall–Kier alpha value is -0.220. The summed E-state index contributed by atoms with van der Waals surface area (Å²) in [6.07, 6.45) is 4.88. The summed E-state index contributed by atoms with van der Waals surface area (Å²) in [5.41, 5.74) is 0. The lowest BCUT2D eigenvalue weighted by atomic mass is 10.1. The van der Waals surface area contributed by atoms with Gasteiger partial charge in [0.05, 0.1) is 6.54 Å². The number of nitrogens with one attached hydrogen (secondary N) is 2. The number of alkyl halides is 2. The first kappa shape index (κ1) is 15.8. The molecule has 0 atom stereocenters. The van der Waals surface area contributed by atoms with Crippen LogP contribution in [0.3, 0.4) is 0 Å². The fourth-order valence-corrected chi connectivity index (χ4v) is 1.63. The third-order valence-corrected chi connectivity index (χ3v) is 2.49. The topological polar surface area (TPSA) is 24.1 Å². The van der Waals surface area contributed by atoms with Crippen LogP contribution in [0.1, 0.15) is 46.0 Å². The van der Waals surface area contributed by atoms with E-state index >= 15 is 0 Å². The summed E-state index contributed by atoms with van der Waals surface area (Å²) in [4.78, 5) is 0. The molecule has 16 heavy (non-hydrogen) atoms. The van der Waals surface area contributed by atoms with E-state index in [0.717, 1.165) is 6.54 Å². The van der Waals surface area contributed by atoms with Gasteiger partial charge in [0.1, 0.15) is 0 Å². The molecule has 2 fully saturated rings. The van der Waals surface area contributed by atoms with Crippen molar-refractivity contribution in [3.63, 3.8) is 0 Å². The molecule has 0 amide bonds. The molecule has 2 aliphatic rings. The second kappa shape index (κ2) is 9.97. The fourth-order valence-electron chi connectivity index (χ4n) is 1.63. The summed E-state index contributed by atoms with van der Waals surface area (Å²) in [7, 11) is 0. The smallest absolute Gasteiger partial charge is 0.260 e. The van der Waals surface area contributed by atoms with Crippen LogP contribution in [-0.2, 0) is 0 Å². The Kier molecular flexibility index (Phi) is 9.83. The van der Waals surface area contributed by atoms with E-state index in [4.69, 9.17) is 0 Å². The van der Waals surface area contributed by atoms with Crippen molar-refractivity contribution >= 4 is 0 Å². The minimum absolute atomic E-state index is 0.0556. The highest BCUT2D eigenvalue weighted by Crippen LogP contribution is 2.21. The van der Waals surface area contributed by atoms with Crippen molar-refractivity contribution in [2.24, 2.45) is 0 Å². The maximum atomic E-state index is 12.1. The van der Waals surface area contributed by atoms with Gasteiger partial charge in [0.2, 0.25) is 0 Å². The van der Waals surface area contributed by atoms with Gasteiger partial charge in [-0.05, 0) is 38.9 Å². The molecule has 2 heterocycles. The highest BCUT2D eigenvalue weighted by molar-refractivity contribution is 4.74. The first-order valence-electron chi connectivity index (χ1n) is 6.50. The first-order chi connectivity index (χ1) is 7.71. The Morgan fingerprint density at radius 2 is 1.38 bits per heavy atom. The van der Waals surface area contributed by atoms with Crippen LogP contribution >= 0.6 is 0 Å². The van der Waals surface area contributed by atoms with Gasteiger partial charge in [0, 0.05) is 6.42 Å². The number of hydrogen-bond acceptors (Lipinski definition) is 2. The number of hydrogen-bond donors (Lipinski definition) is 2. The average Bonchev–Trinajstić information content (AvgIpc) is 2.34. The second-order valence-electron chi connectivity index (χ2n) is 3.95. The van der Waals surface area contributed by atoms with Crippen molar-refractivity contribution in [2.45, 2.75) is 51.9 Å². The Morgan fingerprint density at radius 3 is 1.56 bits per heavy atom. The molecule has 98 valence electrons. The summed E-state index contributed by atoms with van der Waals surface area (Å²) in [6.45, 7) is 7.11. The molecular formula is C12H26F2N2. The van der Waals surface area contributed by atoms with E-state index in [1.54, 1.807) is 0 Å². The highest BCUT2D eigenvalue weighted by Gasteiger charge is 2.30.